The minimum atomic E-state index is -0.161. The SMILES string of the molecule is CC1(C)CN(c2ncc(Cl)cc2N)CCO1. The number of nitrogens with two attached hydrogens (primary N) is 1. The van der Waals surface area contributed by atoms with Gasteiger partial charge in [-0.2, -0.15) is 0 Å². The zero-order valence-corrected chi connectivity index (χ0v) is 10.3. The fourth-order valence-electron chi connectivity index (χ4n) is 1.91. The number of morpholine rings is 1. The van der Waals surface area contributed by atoms with Gasteiger partial charge in [-0.1, -0.05) is 11.6 Å². The Balaban J connectivity index is 2.23. The van der Waals surface area contributed by atoms with Crippen molar-refractivity contribution in [3.8, 4) is 0 Å². The van der Waals surface area contributed by atoms with Gasteiger partial charge in [-0.05, 0) is 19.9 Å². The molecule has 1 fully saturated rings. The highest BCUT2D eigenvalue weighted by molar-refractivity contribution is 6.30. The Morgan fingerprint density at radius 2 is 2.31 bits per heavy atom. The lowest BCUT2D eigenvalue weighted by atomic mass is 10.1. The van der Waals surface area contributed by atoms with Gasteiger partial charge in [0.1, 0.15) is 0 Å². The van der Waals surface area contributed by atoms with Gasteiger partial charge in [-0.3, -0.25) is 0 Å². The molecule has 1 saturated heterocycles. The average molecular weight is 242 g/mol. The summed E-state index contributed by atoms with van der Waals surface area (Å²) in [5.41, 5.74) is 6.37. The van der Waals surface area contributed by atoms with Gasteiger partial charge in [0.15, 0.2) is 5.82 Å². The predicted molar refractivity (Wildman–Crippen MR) is 65.9 cm³/mol. The molecular formula is C11H16ClN3O. The molecule has 1 aliphatic rings. The molecule has 1 aromatic rings. The van der Waals surface area contributed by atoms with Crippen LogP contribution >= 0.6 is 11.6 Å². The first kappa shape index (κ1) is 11.5. The van der Waals surface area contributed by atoms with Crippen molar-refractivity contribution in [2.45, 2.75) is 19.4 Å². The second-order valence-corrected chi connectivity index (χ2v) is 5.03. The quantitative estimate of drug-likeness (QED) is 0.816. The van der Waals surface area contributed by atoms with E-state index in [1.165, 1.54) is 0 Å². The molecule has 0 aliphatic carbocycles. The Hall–Kier alpha value is -1.00. The zero-order chi connectivity index (χ0) is 11.8. The van der Waals surface area contributed by atoms with Gasteiger partial charge < -0.3 is 15.4 Å². The third-order valence-electron chi connectivity index (χ3n) is 2.59. The zero-order valence-electron chi connectivity index (χ0n) is 9.53. The van der Waals surface area contributed by atoms with Gasteiger partial charge >= 0.3 is 0 Å². The molecule has 1 aliphatic heterocycles. The first-order chi connectivity index (χ1) is 7.48. The number of halogens is 1. The minimum absolute atomic E-state index is 0.161. The second-order valence-electron chi connectivity index (χ2n) is 4.60. The van der Waals surface area contributed by atoms with Crippen LogP contribution in [-0.2, 0) is 4.74 Å². The molecule has 2 N–H and O–H groups in total. The van der Waals surface area contributed by atoms with Gasteiger partial charge in [0.05, 0.1) is 22.9 Å². The Morgan fingerprint density at radius 3 is 2.94 bits per heavy atom. The summed E-state index contributed by atoms with van der Waals surface area (Å²) < 4.78 is 5.64. The molecule has 0 radical (unpaired) electrons. The lowest BCUT2D eigenvalue weighted by molar-refractivity contribution is -0.0278. The summed E-state index contributed by atoms with van der Waals surface area (Å²) in [6, 6.07) is 1.73. The van der Waals surface area contributed by atoms with Crippen LogP contribution in [0.2, 0.25) is 5.02 Å². The van der Waals surface area contributed by atoms with E-state index in [4.69, 9.17) is 22.1 Å². The van der Waals surface area contributed by atoms with Crippen molar-refractivity contribution in [1.29, 1.82) is 0 Å². The third-order valence-corrected chi connectivity index (χ3v) is 2.79. The number of nitrogens with zero attached hydrogens (tertiary/aromatic N) is 2. The largest absolute Gasteiger partial charge is 0.396 e. The average Bonchev–Trinajstić information content (AvgIpc) is 2.15. The van der Waals surface area contributed by atoms with E-state index in [0.29, 0.717) is 17.3 Å². The number of nitrogen functional groups attached to an aromatic ring is 1. The van der Waals surface area contributed by atoms with Gasteiger partial charge in [-0.25, -0.2) is 4.98 Å². The van der Waals surface area contributed by atoms with Crippen LogP contribution in [0.3, 0.4) is 0 Å². The number of hydrogen-bond acceptors (Lipinski definition) is 4. The van der Waals surface area contributed by atoms with E-state index in [9.17, 15) is 0 Å². The number of aromatic nitrogens is 1. The predicted octanol–water partition coefficient (Wildman–Crippen LogP) is 1.93. The van der Waals surface area contributed by atoms with E-state index >= 15 is 0 Å². The minimum Gasteiger partial charge on any atom is -0.396 e. The van der Waals surface area contributed by atoms with Gasteiger partial charge in [0.25, 0.3) is 0 Å². The number of hydrogen-bond donors (Lipinski definition) is 1. The topological polar surface area (TPSA) is 51.4 Å². The smallest absolute Gasteiger partial charge is 0.152 e. The molecule has 1 aromatic heterocycles. The summed E-state index contributed by atoms with van der Waals surface area (Å²) in [6.07, 6.45) is 1.62. The number of rotatable bonds is 1. The van der Waals surface area contributed by atoms with Crippen molar-refractivity contribution in [1.82, 2.24) is 4.98 Å². The van der Waals surface area contributed by atoms with E-state index in [0.717, 1.165) is 18.9 Å². The molecule has 0 spiro atoms. The van der Waals surface area contributed by atoms with Crippen LogP contribution in [0, 0.1) is 0 Å². The summed E-state index contributed by atoms with van der Waals surface area (Å²) in [7, 11) is 0. The van der Waals surface area contributed by atoms with Crippen LogP contribution in [0.25, 0.3) is 0 Å². The monoisotopic (exact) mass is 241 g/mol. The fraction of sp³-hybridized carbons (Fsp3) is 0.545. The highest BCUT2D eigenvalue weighted by atomic mass is 35.5. The van der Waals surface area contributed by atoms with Crippen molar-refractivity contribution in [3.63, 3.8) is 0 Å². The number of anilines is 2. The number of pyridine rings is 1. The van der Waals surface area contributed by atoms with E-state index in [-0.39, 0.29) is 5.60 Å². The maximum atomic E-state index is 5.91. The third kappa shape index (κ3) is 2.39. The molecule has 2 heterocycles. The summed E-state index contributed by atoms with van der Waals surface area (Å²) in [6.45, 7) is 6.40. The first-order valence-electron chi connectivity index (χ1n) is 5.28. The standard InChI is InChI=1S/C11H16ClN3O/c1-11(2)7-15(3-4-16-11)10-9(13)5-8(12)6-14-10/h5-6H,3-4,7,13H2,1-2H3. The van der Waals surface area contributed by atoms with E-state index in [1.54, 1.807) is 12.3 Å². The second kappa shape index (κ2) is 4.11. The van der Waals surface area contributed by atoms with Crippen LogP contribution in [0.5, 0.6) is 0 Å². The lowest BCUT2D eigenvalue weighted by Crippen LogP contribution is -2.48. The van der Waals surface area contributed by atoms with E-state index in [1.807, 2.05) is 0 Å². The Kier molecular flexibility index (Phi) is 2.95. The molecule has 0 aromatic carbocycles. The maximum Gasteiger partial charge on any atom is 0.152 e. The molecule has 16 heavy (non-hydrogen) atoms. The Morgan fingerprint density at radius 1 is 1.56 bits per heavy atom. The van der Waals surface area contributed by atoms with Gasteiger partial charge in [0.2, 0.25) is 0 Å². The summed E-state index contributed by atoms with van der Waals surface area (Å²) >= 11 is 5.83. The van der Waals surface area contributed by atoms with Crippen LogP contribution < -0.4 is 10.6 Å². The van der Waals surface area contributed by atoms with Crippen molar-refractivity contribution < 1.29 is 4.74 Å². The Bertz CT molecular complexity index is 395. The molecular weight excluding hydrogens is 226 g/mol. The van der Waals surface area contributed by atoms with Crippen LogP contribution in [0.4, 0.5) is 11.5 Å². The molecule has 4 nitrogen and oxygen atoms in total. The van der Waals surface area contributed by atoms with E-state index < -0.39 is 0 Å². The van der Waals surface area contributed by atoms with Crippen molar-refractivity contribution in [2.75, 3.05) is 30.3 Å². The first-order valence-corrected chi connectivity index (χ1v) is 5.66. The van der Waals surface area contributed by atoms with Crippen molar-refractivity contribution in [2.24, 2.45) is 0 Å². The van der Waals surface area contributed by atoms with Crippen LogP contribution in [0.1, 0.15) is 13.8 Å². The fourth-order valence-corrected chi connectivity index (χ4v) is 2.08. The molecule has 0 atom stereocenters. The molecule has 0 saturated carbocycles. The summed E-state index contributed by atoms with van der Waals surface area (Å²) in [5, 5.41) is 0.564. The Labute approximate surface area is 100 Å². The highest BCUT2D eigenvalue weighted by Gasteiger charge is 2.28. The van der Waals surface area contributed by atoms with Gasteiger partial charge in [0, 0.05) is 19.3 Å². The van der Waals surface area contributed by atoms with Crippen LogP contribution in [-0.4, -0.2) is 30.3 Å². The summed E-state index contributed by atoms with van der Waals surface area (Å²) in [5.74, 6) is 0.792. The van der Waals surface area contributed by atoms with E-state index in [2.05, 4.69) is 23.7 Å². The normalized spacial score (nSPS) is 19.8. The molecule has 88 valence electrons. The van der Waals surface area contributed by atoms with Crippen molar-refractivity contribution in [3.05, 3.63) is 17.3 Å². The maximum absolute atomic E-state index is 5.91. The molecule has 2 rings (SSSR count). The number of ether oxygens (including phenoxy) is 1. The molecule has 0 amide bonds. The molecule has 0 bridgehead atoms. The van der Waals surface area contributed by atoms with Gasteiger partial charge in [-0.15, -0.1) is 0 Å². The lowest BCUT2D eigenvalue weighted by Gasteiger charge is -2.39. The van der Waals surface area contributed by atoms with Crippen LogP contribution in [0.15, 0.2) is 12.3 Å². The van der Waals surface area contributed by atoms with Crippen molar-refractivity contribution >= 4 is 23.1 Å². The highest BCUT2D eigenvalue weighted by Crippen LogP contribution is 2.27. The molecule has 0 unspecified atom stereocenters. The molecule has 5 heteroatoms. The summed E-state index contributed by atoms with van der Waals surface area (Å²) in [4.78, 5) is 6.41.